The molecule has 0 saturated heterocycles. The second-order valence-corrected chi connectivity index (χ2v) is 6.65. The Kier molecular flexibility index (Phi) is 3.66. The summed E-state index contributed by atoms with van der Waals surface area (Å²) in [5.74, 6) is -1.19. The fraction of sp³-hybridized carbons (Fsp3) is 0.500. The Hall–Kier alpha value is -0.990. The molecule has 0 aromatic carbocycles. The van der Waals surface area contributed by atoms with Gasteiger partial charge in [-0.2, -0.15) is 0 Å². The zero-order valence-corrected chi connectivity index (χ0v) is 10.4. The number of hydrogen-bond donors (Lipinski definition) is 2. The number of hydrogen-bond acceptors (Lipinski definition) is 6. The van der Waals surface area contributed by atoms with Gasteiger partial charge in [-0.15, -0.1) is 11.3 Å². The van der Waals surface area contributed by atoms with Gasteiger partial charge in [-0.3, -0.25) is 4.79 Å². The van der Waals surface area contributed by atoms with Crippen LogP contribution in [0.2, 0.25) is 0 Å². The van der Waals surface area contributed by atoms with E-state index in [1.807, 2.05) is 0 Å². The summed E-state index contributed by atoms with van der Waals surface area (Å²) in [5, 5.41) is 9.75. The van der Waals surface area contributed by atoms with Crippen molar-refractivity contribution in [1.29, 1.82) is 0 Å². The van der Waals surface area contributed by atoms with Crippen molar-refractivity contribution in [1.82, 2.24) is 4.98 Å². The van der Waals surface area contributed by atoms with Gasteiger partial charge in [0.05, 0.1) is 5.69 Å². The van der Waals surface area contributed by atoms with Crippen LogP contribution in [-0.2, 0) is 14.6 Å². The molecule has 90 valence electrons. The van der Waals surface area contributed by atoms with E-state index in [4.69, 9.17) is 10.8 Å². The zero-order valence-electron chi connectivity index (χ0n) is 8.75. The van der Waals surface area contributed by atoms with Gasteiger partial charge in [0.1, 0.15) is 16.3 Å². The second-order valence-electron chi connectivity index (χ2n) is 3.40. The van der Waals surface area contributed by atoms with Gasteiger partial charge in [-0.25, -0.2) is 13.4 Å². The lowest BCUT2D eigenvalue weighted by Gasteiger charge is -2.05. The number of thiazole rings is 1. The lowest BCUT2D eigenvalue weighted by Crippen LogP contribution is -2.21. The van der Waals surface area contributed by atoms with Gasteiger partial charge in [0.15, 0.2) is 9.84 Å². The van der Waals surface area contributed by atoms with E-state index < -0.39 is 27.1 Å². The number of carboxylic acid groups (broad SMARTS) is 1. The van der Waals surface area contributed by atoms with Gasteiger partial charge in [-0.05, 0) is 6.92 Å². The van der Waals surface area contributed by atoms with Crippen LogP contribution in [0.5, 0.6) is 0 Å². The molecular formula is C8H12N2O4S2. The molecule has 0 aliphatic heterocycles. The van der Waals surface area contributed by atoms with E-state index in [1.165, 1.54) is 12.3 Å². The second kappa shape index (κ2) is 4.48. The summed E-state index contributed by atoms with van der Waals surface area (Å²) in [6, 6.07) is -1.21. The molecule has 8 heteroatoms. The normalized spacial score (nSPS) is 15.7. The molecule has 0 bridgehead atoms. The number of rotatable bonds is 4. The fourth-order valence-corrected chi connectivity index (χ4v) is 2.84. The van der Waals surface area contributed by atoms with Crippen LogP contribution in [0.15, 0.2) is 5.38 Å². The highest BCUT2D eigenvalue weighted by molar-refractivity contribution is 7.91. The molecular weight excluding hydrogens is 252 g/mol. The average Bonchev–Trinajstić information content (AvgIpc) is 2.62. The summed E-state index contributed by atoms with van der Waals surface area (Å²) in [4.78, 5) is 14.5. The lowest BCUT2D eigenvalue weighted by atomic mass is 10.2. The highest BCUT2D eigenvalue weighted by Crippen LogP contribution is 2.26. The van der Waals surface area contributed by atoms with Crippen LogP contribution in [0.1, 0.15) is 28.9 Å². The molecule has 1 aromatic rings. The fourth-order valence-electron chi connectivity index (χ4n) is 0.940. The van der Waals surface area contributed by atoms with Crippen molar-refractivity contribution in [3.05, 3.63) is 16.1 Å². The molecule has 1 heterocycles. The van der Waals surface area contributed by atoms with Gasteiger partial charge >= 0.3 is 5.97 Å². The summed E-state index contributed by atoms with van der Waals surface area (Å²) in [6.45, 7) is 1.50. The number of aliphatic carboxylic acids is 1. The standard InChI is InChI=1S/C8H12N2O4S2/c1-4(16(2,13)14)7-10-5(3-15-7)6(9)8(11)12/h3-4,6H,9H2,1-2H3,(H,11,12). The first kappa shape index (κ1) is 13.1. The summed E-state index contributed by atoms with van der Waals surface area (Å²) in [5.41, 5.74) is 5.54. The number of carbonyl (C=O) groups is 1. The lowest BCUT2D eigenvalue weighted by molar-refractivity contribution is -0.138. The maximum Gasteiger partial charge on any atom is 0.326 e. The molecule has 1 aromatic heterocycles. The maximum atomic E-state index is 11.3. The largest absolute Gasteiger partial charge is 0.480 e. The van der Waals surface area contributed by atoms with Crippen LogP contribution in [0, 0.1) is 0 Å². The summed E-state index contributed by atoms with van der Waals surface area (Å²) < 4.78 is 22.5. The molecule has 0 aliphatic rings. The molecule has 6 nitrogen and oxygen atoms in total. The average molecular weight is 264 g/mol. The molecule has 0 fully saturated rings. The first-order valence-corrected chi connectivity index (χ1v) is 7.19. The van der Waals surface area contributed by atoms with Gasteiger partial charge in [-0.1, -0.05) is 0 Å². The van der Waals surface area contributed by atoms with E-state index in [2.05, 4.69) is 4.98 Å². The van der Waals surface area contributed by atoms with Gasteiger partial charge < -0.3 is 10.8 Å². The molecule has 1 rings (SSSR count). The Labute approximate surface area is 97.0 Å². The van der Waals surface area contributed by atoms with Gasteiger partial charge in [0.2, 0.25) is 0 Å². The molecule has 16 heavy (non-hydrogen) atoms. The first-order valence-electron chi connectivity index (χ1n) is 4.36. The van der Waals surface area contributed by atoms with Crippen molar-refractivity contribution < 1.29 is 18.3 Å². The minimum Gasteiger partial charge on any atom is -0.480 e. The predicted molar refractivity (Wildman–Crippen MR) is 59.9 cm³/mol. The molecule has 0 spiro atoms. The first-order chi connectivity index (χ1) is 7.23. The Balaban J connectivity index is 3.00. The quantitative estimate of drug-likeness (QED) is 0.811. The van der Waals surface area contributed by atoms with Crippen LogP contribution in [-0.4, -0.2) is 30.7 Å². The number of aromatic nitrogens is 1. The minimum absolute atomic E-state index is 0.183. The Morgan fingerprint density at radius 2 is 2.19 bits per heavy atom. The molecule has 0 saturated carbocycles. The molecule has 2 unspecified atom stereocenters. The van der Waals surface area contributed by atoms with E-state index in [-0.39, 0.29) is 5.69 Å². The van der Waals surface area contributed by atoms with Crippen LogP contribution < -0.4 is 5.73 Å². The summed E-state index contributed by atoms with van der Waals surface area (Å²) in [6.07, 6.45) is 1.11. The van der Waals surface area contributed by atoms with E-state index in [0.29, 0.717) is 5.01 Å². The van der Waals surface area contributed by atoms with Crippen LogP contribution in [0.3, 0.4) is 0 Å². The minimum atomic E-state index is -3.23. The molecule has 2 atom stereocenters. The molecule has 0 aliphatic carbocycles. The van der Waals surface area contributed by atoms with Gasteiger partial charge in [0, 0.05) is 11.6 Å². The highest BCUT2D eigenvalue weighted by atomic mass is 32.2. The van der Waals surface area contributed by atoms with E-state index >= 15 is 0 Å². The highest BCUT2D eigenvalue weighted by Gasteiger charge is 2.23. The number of nitrogens with zero attached hydrogens (tertiary/aromatic N) is 1. The van der Waals surface area contributed by atoms with Crippen molar-refractivity contribution in [2.45, 2.75) is 18.2 Å². The SMILES string of the molecule is CC(c1nc(C(N)C(=O)O)cs1)S(C)(=O)=O. The third kappa shape index (κ3) is 2.77. The predicted octanol–water partition coefficient (Wildman–Crippen LogP) is 0.333. The van der Waals surface area contributed by atoms with Crippen LogP contribution >= 0.6 is 11.3 Å². The summed E-state index contributed by atoms with van der Waals surface area (Å²) in [7, 11) is -3.23. The Bertz CT molecular complexity index is 494. The van der Waals surface area contributed by atoms with Crippen LogP contribution in [0.25, 0.3) is 0 Å². The molecule has 0 radical (unpaired) electrons. The van der Waals surface area contributed by atoms with E-state index in [9.17, 15) is 13.2 Å². The van der Waals surface area contributed by atoms with Crippen molar-refractivity contribution in [3.63, 3.8) is 0 Å². The van der Waals surface area contributed by atoms with Crippen molar-refractivity contribution in [3.8, 4) is 0 Å². The topological polar surface area (TPSA) is 110 Å². The smallest absolute Gasteiger partial charge is 0.326 e. The van der Waals surface area contributed by atoms with Crippen molar-refractivity contribution >= 4 is 27.1 Å². The molecule has 0 amide bonds. The number of nitrogens with two attached hydrogens (primary N) is 1. The Morgan fingerprint density at radius 1 is 1.62 bits per heavy atom. The van der Waals surface area contributed by atoms with E-state index in [0.717, 1.165) is 17.6 Å². The van der Waals surface area contributed by atoms with Crippen molar-refractivity contribution in [2.24, 2.45) is 5.73 Å². The third-order valence-corrected chi connectivity index (χ3v) is 4.82. The third-order valence-electron chi connectivity index (χ3n) is 2.11. The molecule has 3 N–H and O–H groups in total. The monoisotopic (exact) mass is 264 g/mol. The maximum absolute atomic E-state index is 11.3. The van der Waals surface area contributed by atoms with Gasteiger partial charge in [0.25, 0.3) is 0 Å². The number of sulfone groups is 1. The number of carboxylic acids is 1. The van der Waals surface area contributed by atoms with Crippen LogP contribution in [0.4, 0.5) is 0 Å². The van der Waals surface area contributed by atoms with Crippen molar-refractivity contribution in [2.75, 3.05) is 6.26 Å². The Morgan fingerprint density at radius 3 is 2.62 bits per heavy atom. The zero-order chi connectivity index (χ0) is 12.5. The van der Waals surface area contributed by atoms with E-state index in [1.54, 1.807) is 0 Å². The summed E-state index contributed by atoms with van der Waals surface area (Å²) >= 11 is 1.10.